The van der Waals surface area contributed by atoms with Crippen LogP contribution in [0.3, 0.4) is 0 Å². The van der Waals surface area contributed by atoms with Gasteiger partial charge in [-0.15, -0.1) is 0 Å². The number of benzene rings is 1. The van der Waals surface area contributed by atoms with Crippen LogP contribution >= 0.6 is 0 Å². The maximum absolute atomic E-state index is 5.60. The number of hydrogen-bond donors (Lipinski definition) is 3. The monoisotopic (exact) mass is 193 g/mol. The lowest BCUT2D eigenvalue weighted by Gasteiger charge is -2.27. The fourth-order valence-corrected chi connectivity index (χ4v) is 1.38. The summed E-state index contributed by atoms with van der Waals surface area (Å²) in [7, 11) is 0. The zero-order valence-corrected chi connectivity index (χ0v) is 8.88. The van der Waals surface area contributed by atoms with Crippen molar-refractivity contribution < 1.29 is 0 Å². The SMILES string of the molecule is CC(C)(CCN)Nc1ccc(N)cc1. The average Bonchev–Trinajstić information content (AvgIpc) is 2.08. The summed E-state index contributed by atoms with van der Waals surface area (Å²) in [6, 6.07) is 7.74. The molecule has 0 amide bonds. The highest BCUT2D eigenvalue weighted by Gasteiger charge is 2.15. The lowest BCUT2D eigenvalue weighted by molar-refractivity contribution is 0.526. The van der Waals surface area contributed by atoms with E-state index in [0.717, 1.165) is 17.8 Å². The lowest BCUT2D eigenvalue weighted by atomic mass is 10.0. The number of rotatable bonds is 4. The summed E-state index contributed by atoms with van der Waals surface area (Å²) in [5, 5.41) is 3.41. The van der Waals surface area contributed by atoms with Crippen LogP contribution < -0.4 is 16.8 Å². The van der Waals surface area contributed by atoms with E-state index in [1.807, 2.05) is 24.3 Å². The van der Waals surface area contributed by atoms with Crippen LogP contribution in [0.1, 0.15) is 20.3 Å². The number of nitrogens with two attached hydrogens (primary N) is 2. The molecule has 0 aliphatic rings. The molecular weight excluding hydrogens is 174 g/mol. The molecule has 1 aromatic rings. The molecule has 0 fully saturated rings. The van der Waals surface area contributed by atoms with Gasteiger partial charge in [-0.3, -0.25) is 0 Å². The Hall–Kier alpha value is -1.22. The van der Waals surface area contributed by atoms with Gasteiger partial charge in [0.15, 0.2) is 0 Å². The maximum atomic E-state index is 5.60. The molecule has 0 aromatic heterocycles. The molecule has 3 heteroatoms. The van der Waals surface area contributed by atoms with E-state index in [1.165, 1.54) is 0 Å². The third kappa shape index (κ3) is 3.26. The van der Waals surface area contributed by atoms with Crippen LogP contribution in [-0.2, 0) is 0 Å². The highest BCUT2D eigenvalue weighted by molar-refractivity contribution is 5.52. The Morgan fingerprint density at radius 2 is 1.79 bits per heavy atom. The molecule has 0 aliphatic heterocycles. The van der Waals surface area contributed by atoms with Gasteiger partial charge in [0.2, 0.25) is 0 Å². The fraction of sp³-hybridized carbons (Fsp3) is 0.455. The first kappa shape index (κ1) is 10.9. The van der Waals surface area contributed by atoms with Crippen molar-refractivity contribution in [2.24, 2.45) is 5.73 Å². The van der Waals surface area contributed by atoms with Crippen LogP contribution in [0.15, 0.2) is 24.3 Å². The Bertz CT molecular complexity index is 277. The molecule has 0 bridgehead atoms. The summed E-state index contributed by atoms with van der Waals surface area (Å²) < 4.78 is 0. The molecule has 0 saturated heterocycles. The normalized spacial score (nSPS) is 11.4. The molecule has 3 nitrogen and oxygen atoms in total. The molecule has 0 aliphatic carbocycles. The first-order valence-corrected chi connectivity index (χ1v) is 4.87. The molecule has 5 N–H and O–H groups in total. The van der Waals surface area contributed by atoms with E-state index in [9.17, 15) is 0 Å². The highest BCUT2D eigenvalue weighted by Crippen LogP contribution is 2.18. The minimum Gasteiger partial charge on any atom is -0.399 e. The van der Waals surface area contributed by atoms with Crippen molar-refractivity contribution in [1.29, 1.82) is 0 Å². The molecule has 0 spiro atoms. The topological polar surface area (TPSA) is 64.1 Å². The van der Waals surface area contributed by atoms with Gasteiger partial charge >= 0.3 is 0 Å². The molecule has 1 rings (SSSR count). The van der Waals surface area contributed by atoms with Crippen molar-refractivity contribution in [2.75, 3.05) is 17.6 Å². The largest absolute Gasteiger partial charge is 0.399 e. The van der Waals surface area contributed by atoms with E-state index < -0.39 is 0 Å². The molecule has 0 atom stereocenters. The Labute approximate surface area is 85.5 Å². The van der Waals surface area contributed by atoms with Crippen molar-refractivity contribution in [3.63, 3.8) is 0 Å². The molecule has 78 valence electrons. The number of nitrogens with one attached hydrogen (secondary N) is 1. The van der Waals surface area contributed by atoms with Crippen LogP contribution in [0.4, 0.5) is 11.4 Å². The van der Waals surface area contributed by atoms with E-state index in [1.54, 1.807) is 0 Å². The van der Waals surface area contributed by atoms with Crippen LogP contribution in [0.5, 0.6) is 0 Å². The molecule has 0 heterocycles. The van der Waals surface area contributed by atoms with Crippen LogP contribution in [0, 0.1) is 0 Å². The summed E-state index contributed by atoms with van der Waals surface area (Å²) in [5.74, 6) is 0. The molecule has 1 aromatic carbocycles. The zero-order chi connectivity index (χ0) is 10.6. The standard InChI is InChI=1S/C11H19N3/c1-11(2,7-8-12)14-10-5-3-9(13)4-6-10/h3-6,14H,7-8,12-13H2,1-2H3. The quantitative estimate of drug-likeness (QED) is 0.639. The van der Waals surface area contributed by atoms with Gasteiger partial charge in [-0.05, 0) is 51.1 Å². The van der Waals surface area contributed by atoms with Crippen molar-refractivity contribution in [2.45, 2.75) is 25.8 Å². The molecule has 0 unspecified atom stereocenters. The van der Waals surface area contributed by atoms with Crippen molar-refractivity contribution in [1.82, 2.24) is 0 Å². The molecule has 0 radical (unpaired) electrons. The first-order valence-electron chi connectivity index (χ1n) is 4.87. The van der Waals surface area contributed by atoms with E-state index >= 15 is 0 Å². The first-order chi connectivity index (χ1) is 6.53. The summed E-state index contributed by atoms with van der Waals surface area (Å²) in [6.07, 6.45) is 0.942. The Morgan fingerprint density at radius 3 is 2.29 bits per heavy atom. The molecule has 14 heavy (non-hydrogen) atoms. The molecular formula is C11H19N3. The van der Waals surface area contributed by atoms with Gasteiger partial charge in [-0.2, -0.15) is 0 Å². The van der Waals surface area contributed by atoms with Gasteiger partial charge in [0, 0.05) is 16.9 Å². The average molecular weight is 193 g/mol. The van der Waals surface area contributed by atoms with Gasteiger partial charge < -0.3 is 16.8 Å². The summed E-state index contributed by atoms with van der Waals surface area (Å²) in [5.41, 5.74) is 13.0. The Balaban J connectivity index is 2.64. The van der Waals surface area contributed by atoms with E-state index in [2.05, 4.69) is 19.2 Å². The summed E-state index contributed by atoms with van der Waals surface area (Å²) in [6.45, 7) is 4.96. The third-order valence-corrected chi connectivity index (χ3v) is 2.16. The smallest absolute Gasteiger partial charge is 0.0345 e. The number of hydrogen-bond acceptors (Lipinski definition) is 3. The second-order valence-corrected chi connectivity index (χ2v) is 4.17. The predicted octanol–water partition coefficient (Wildman–Crippen LogP) is 1.81. The summed E-state index contributed by atoms with van der Waals surface area (Å²) in [4.78, 5) is 0. The van der Waals surface area contributed by atoms with Crippen LogP contribution in [0.25, 0.3) is 0 Å². The fourth-order valence-electron chi connectivity index (χ4n) is 1.38. The van der Waals surface area contributed by atoms with Gasteiger partial charge in [-0.1, -0.05) is 0 Å². The van der Waals surface area contributed by atoms with Crippen molar-refractivity contribution in [3.05, 3.63) is 24.3 Å². The van der Waals surface area contributed by atoms with Crippen molar-refractivity contribution in [3.8, 4) is 0 Å². The van der Waals surface area contributed by atoms with Crippen LogP contribution in [0.2, 0.25) is 0 Å². The molecule has 0 saturated carbocycles. The van der Waals surface area contributed by atoms with Gasteiger partial charge in [0.05, 0.1) is 0 Å². The van der Waals surface area contributed by atoms with Gasteiger partial charge in [0.1, 0.15) is 0 Å². The second-order valence-electron chi connectivity index (χ2n) is 4.17. The minimum absolute atomic E-state index is 0.0326. The Kier molecular flexibility index (Phi) is 3.36. The van der Waals surface area contributed by atoms with Gasteiger partial charge in [-0.25, -0.2) is 0 Å². The lowest BCUT2D eigenvalue weighted by Crippen LogP contribution is -2.33. The van der Waals surface area contributed by atoms with E-state index in [4.69, 9.17) is 11.5 Å². The Morgan fingerprint density at radius 1 is 1.21 bits per heavy atom. The van der Waals surface area contributed by atoms with Gasteiger partial charge in [0.25, 0.3) is 0 Å². The summed E-state index contributed by atoms with van der Waals surface area (Å²) >= 11 is 0. The predicted molar refractivity (Wildman–Crippen MR) is 62.2 cm³/mol. The highest BCUT2D eigenvalue weighted by atomic mass is 15.0. The third-order valence-electron chi connectivity index (χ3n) is 2.16. The maximum Gasteiger partial charge on any atom is 0.0345 e. The number of nitrogen functional groups attached to an aromatic ring is 1. The van der Waals surface area contributed by atoms with E-state index in [-0.39, 0.29) is 5.54 Å². The second kappa shape index (κ2) is 4.33. The van der Waals surface area contributed by atoms with Crippen LogP contribution in [-0.4, -0.2) is 12.1 Å². The van der Waals surface area contributed by atoms with Crippen molar-refractivity contribution >= 4 is 11.4 Å². The number of anilines is 2. The zero-order valence-electron chi connectivity index (χ0n) is 8.88. The van der Waals surface area contributed by atoms with E-state index in [0.29, 0.717) is 6.54 Å². The minimum atomic E-state index is 0.0326.